The predicted molar refractivity (Wildman–Crippen MR) is 91.2 cm³/mol. The van der Waals surface area contributed by atoms with E-state index in [4.69, 9.17) is 0 Å². The number of halogens is 1. The SMILES string of the molecule is CNCC1CCN(S(=O)(=O)Cc2ccc([N+](=O)[O-])cc2)CC1.Cl. The lowest BCUT2D eigenvalue weighted by Crippen LogP contribution is -2.40. The predicted octanol–water partition coefficient (Wildman–Crippen LogP) is 1.78. The molecule has 1 fully saturated rings. The average Bonchev–Trinajstić information content (AvgIpc) is 2.48. The monoisotopic (exact) mass is 363 g/mol. The van der Waals surface area contributed by atoms with E-state index in [1.807, 2.05) is 7.05 Å². The Kier molecular flexibility index (Phi) is 7.40. The van der Waals surface area contributed by atoms with Crippen LogP contribution in [-0.2, 0) is 15.8 Å². The Balaban J connectivity index is 0.00000264. The summed E-state index contributed by atoms with van der Waals surface area (Å²) in [7, 11) is -1.46. The number of hydrogen-bond acceptors (Lipinski definition) is 5. The van der Waals surface area contributed by atoms with Gasteiger partial charge in [0.05, 0.1) is 10.7 Å². The van der Waals surface area contributed by atoms with E-state index in [1.54, 1.807) is 0 Å². The van der Waals surface area contributed by atoms with Gasteiger partial charge in [-0.25, -0.2) is 12.7 Å². The van der Waals surface area contributed by atoms with Gasteiger partial charge < -0.3 is 5.32 Å². The fraction of sp³-hybridized carbons (Fsp3) is 0.571. The van der Waals surface area contributed by atoms with Crippen molar-refractivity contribution in [2.45, 2.75) is 18.6 Å². The molecule has 0 amide bonds. The molecule has 130 valence electrons. The first-order chi connectivity index (χ1) is 10.4. The van der Waals surface area contributed by atoms with E-state index in [0.717, 1.165) is 19.4 Å². The molecule has 1 aliphatic rings. The van der Waals surface area contributed by atoms with Crippen LogP contribution in [-0.4, -0.2) is 44.3 Å². The molecule has 0 radical (unpaired) electrons. The topological polar surface area (TPSA) is 92.6 Å². The highest BCUT2D eigenvalue weighted by Gasteiger charge is 2.27. The van der Waals surface area contributed by atoms with Crippen LogP contribution in [0.2, 0.25) is 0 Å². The second-order valence-corrected chi connectivity index (χ2v) is 7.55. The van der Waals surface area contributed by atoms with Crippen LogP contribution in [0.25, 0.3) is 0 Å². The lowest BCUT2D eigenvalue weighted by atomic mass is 9.98. The van der Waals surface area contributed by atoms with Crippen molar-refractivity contribution in [1.82, 2.24) is 9.62 Å². The van der Waals surface area contributed by atoms with Gasteiger partial charge in [0.2, 0.25) is 10.0 Å². The first kappa shape index (κ1) is 19.8. The summed E-state index contributed by atoms with van der Waals surface area (Å²) in [6.07, 6.45) is 1.72. The van der Waals surface area contributed by atoms with Gasteiger partial charge in [-0.15, -0.1) is 12.4 Å². The van der Waals surface area contributed by atoms with Crippen LogP contribution in [0.15, 0.2) is 24.3 Å². The van der Waals surface area contributed by atoms with Crippen LogP contribution in [0, 0.1) is 16.0 Å². The van der Waals surface area contributed by atoms with Crippen molar-refractivity contribution in [2.75, 3.05) is 26.7 Å². The normalized spacial score (nSPS) is 16.7. The van der Waals surface area contributed by atoms with E-state index >= 15 is 0 Å². The van der Waals surface area contributed by atoms with Crippen molar-refractivity contribution in [3.8, 4) is 0 Å². The molecule has 23 heavy (non-hydrogen) atoms. The number of nitro benzene ring substituents is 1. The van der Waals surface area contributed by atoms with Crippen LogP contribution >= 0.6 is 12.4 Å². The quantitative estimate of drug-likeness (QED) is 0.614. The second kappa shape index (κ2) is 8.58. The van der Waals surface area contributed by atoms with E-state index in [9.17, 15) is 18.5 Å². The minimum absolute atomic E-state index is 0. The number of nitrogens with zero attached hydrogens (tertiary/aromatic N) is 2. The molecule has 0 saturated carbocycles. The number of sulfonamides is 1. The summed E-state index contributed by atoms with van der Waals surface area (Å²) in [4.78, 5) is 10.1. The fourth-order valence-electron chi connectivity index (χ4n) is 2.70. The zero-order valence-corrected chi connectivity index (χ0v) is 14.6. The first-order valence-corrected chi connectivity index (χ1v) is 8.89. The number of non-ortho nitro benzene ring substituents is 1. The van der Waals surface area contributed by atoms with Gasteiger partial charge in [-0.05, 0) is 37.9 Å². The van der Waals surface area contributed by atoms with Gasteiger partial charge in [-0.3, -0.25) is 10.1 Å². The Morgan fingerprint density at radius 1 is 1.26 bits per heavy atom. The van der Waals surface area contributed by atoms with Gasteiger partial charge >= 0.3 is 0 Å². The molecule has 1 N–H and O–H groups in total. The van der Waals surface area contributed by atoms with Gasteiger partial charge in [0.1, 0.15) is 0 Å². The van der Waals surface area contributed by atoms with Crippen LogP contribution in [0.3, 0.4) is 0 Å². The average molecular weight is 364 g/mol. The van der Waals surface area contributed by atoms with Crippen molar-refractivity contribution < 1.29 is 13.3 Å². The smallest absolute Gasteiger partial charge is 0.269 e. The van der Waals surface area contributed by atoms with Gasteiger partial charge in [-0.1, -0.05) is 12.1 Å². The van der Waals surface area contributed by atoms with Crippen molar-refractivity contribution in [3.05, 3.63) is 39.9 Å². The lowest BCUT2D eigenvalue weighted by Gasteiger charge is -2.31. The molecule has 1 heterocycles. The third-order valence-electron chi connectivity index (χ3n) is 3.96. The van der Waals surface area contributed by atoms with Crippen molar-refractivity contribution in [3.63, 3.8) is 0 Å². The van der Waals surface area contributed by atoms with E-state index < -0.39 is 14.9 Å². The standard InChI is InChI=1S/C14H21N3O4S.ClH/c1-15-10-12-6-8-16(9-7-12)22(20,21)11-13-2-4-14(5-3-13)17(18)19;/h2-5,12,15H,6-11H2,1H3;1H. The molecule has 0 spiro atoms. The summed E-state index contributed by atoms with van der Waals surface area (Å²) in [6, 6.07) is 5.68. The Morgan fingerprint density at radius 2 is 1.83 bits per heavy atom. The van der Waals surface area contributed by atoms with Gasteiger partial charge in [0.15, 0.2) is 0 Å². The lowest BCUT2D eigenvalue weighted by molar-refractivity contribution is -0.384. The largest absolute Gasteiger partial charge is 0.319 e. The van der Waals surface area contributed by atoms with Crippen LogP contribution in [0.1, 0.15) is 18.4 Å². The molecule has 2 rings (SSSR count). The third-order valence-corrected chi connectivity index (χ3v) is 5.81. The molecule has 1 aliphatic heterocycles. The summed E-state index contributed by atoms with van der Waals surface area (Å²) in [5, 5.41) is 13.7. The van der Waals surface area contributed by atoms with Crippen molar-refractivity contribution >= 4 is 28.1 Å². The molecule has 0 aliphatic carbocycles. The van der Waals surface area contributed by atoms with Crippen LogP contribution in [0.4, 0.5) is 5.69 Å². The molecule has 0 bridgehead atoms. The molecular formula is C14H22ClN3O4S. The molecule has 0 atom stereocenters. The number of piperidine rings is 1. The van der Waals surface area contributed by atoms with Gasteiger partial charge in [0, 0.05) is 25.2 Å². The Hall–Kier alpha value is -1.22. The Labute approximate surface area is 142 Å². The molecule has 0 aromatic heterocycles. The second-order valence-electron chi connectivity index (χ2n) is 5.58. The third kappa shape index (κ3) is 5.42. The maximum Gasteiger partial charge on any atom is 0.269 e. The zero-order chi connectivity index (χ0) is 16.2. The molecule has 1 saturated heterocycles. The number of rotatable bonds is 6. The summed E-state index contributed by atoms with van der Waals surface area (Å²) in [5.41, 5.74) is 0.539. The number of nitro groups is 1. The highest BCUT2D eigenvalue weighted by molar-refractivity contribution is 7.88. The van der Waals surface area contributed by atoms with E-state index in [0.29, 0.717) is 24.6 Å². The van der Waals surface area contributed by atoms with Crippen LogP contribution in [0.5, 0.6) is 0 Å². The Bertz CT molecular complexity index is 613. The zero-order valence-electron chi connectivity index (χ0n) is 13.0. The van der Waals surface area contributed by atoms with E-state index in [-0.39, 0.29) is 23.8 Å². The fourth-order valence-corrected chi connectivity index (χ4v) is 4.26. The summed E-state index contributed by atoms with van der Waals surface area (Å²) in [5.74, 6) is 0.414. The summed E-state index contributed by atoms with van der Waals surface area (Å²) >= 11 is 0. The Morgan fingerprint density at radius 3 is 2.30 bits per heavy atom. The van der Waals surface area contributed by atoms with Crippen molar-refractivity contribution in [1.29, 1.82) is 0 Å². The molecule has 7 nitrogen and oxygen atoms in total. The van der Waals surface area contributed by atoms with Crippen LogP contribution < -0.4 is 5.32 Å². The molecule has 0 unspecified atom stereocenters. The minimum Gasteiger partial charge on any atom is -0.319 e. The molecular weight excluding hydrogens is 342 g/mol. The number of benzene rings is 1. The van der Waals surface area contributed by atoms with Gasteiger partial charge in [-0.2, -0.15) is 0 Å². The number of nitrogens with one attached hydrogen (secondary N) is 1. The molecule has 9 heteroatoms. The number of hydrogen-bond donors (Lipinski definition) is 1. The highest BCUT2D eigenvalue weighted by Crippen LogP contribution is 2.22. The molecule has 1 aromatic rings. The highest BCUT2D eigenvalue weighted by atomic mass is 35.5. The van der Waals surface area contributed by atoms with E-state index in [1.165, 1.54) is 28.6 Å². The van der Waals surface area contributed by atoms with E-state index in [2.05, 4.69) is 5.32 Å². The molecule has 1 aromatic carbocycles. The summed E-state index contributed by atoms with van der Waals surface area (Å²) < 4.78 is 26.4. The van der Waals surface area contributed by atoms with Crippen molar-refractivity contribution in [2.24, 2.45) is 5.92 Å². The maximum atomic E-state index is 12.4. The summed E-state index contributed by atoms with van der Waals surface area (Å²) in [6.45, 7) is 2.00. The first-order valence-electron chi connectivity index (χ1n) is 7.28. The van der Waals surface area contributed by atoms with Gasteiger partial charge in [0.25, 0.3) is 5.69 Å². The maximum absolute atomic E-state index is 12.4. The minimum atomic E-state index is -3.36.